The van der Waals surface area contributed by atoms with Gasteiger partial charge in [-0.3, -0.25) is 0 Å². The molecule has 14 heavy (non-hydrogen) atoms. The highest BCUT2D eigenvalue weighted by molar-refractivity contribution is 6.76. The topological polar surface area (TPSA) is 26.3 Å². The molecule has 0 aromatic carbocycles. The quantitative estimate of drug-likeness (QED) is 0.517. The number of rotatable bonds is 5. The van der Waals surface area contributed by atoms with Crippen LogP contribution < -0.4 is 0 Å². The van der Waals surface area contributed by atoms with Gasteiger partial charge >= 0.3 is 5.97 Å². The molecule has 0 fully saturated rings. The molecule has 0 aliphatic rings. The third-order valence-electron chi connectivity index (χ3n) is 2.89. The molecule has 0 aliphatic heterocycles. The van der Waals surface area contributed by atoms with Crippen molar-refractivity contribution in [3.8, 4) is 0 Å². The van der Waals surface area contributed by atoms with Crippen LogP contribution in [0.5, 0.6) is 0 Å². The lowest BCUT2D eigenvalue weighted by atomic mass is 10.4. The van der Waals surface area contributed by atoms with E-state index in [1.54, 1.807) is 6.92 Å². The summed E-state index contributed by atoms with van der Waals surface area (Å²) in [5.74, 6) is -0.214. The summed E-state index contributed by atoms with van der Waals surface area (Å²) in [5.41, 5.74) is 0.977. The van der Waals surface area contributed by atoms with Crippen molar-refractivity contribution in [1.82, 2.24) is 0 Å². The maximum absolute atomic E-state index is 11.5. The largest absolute Gasteiger partial charge is 0.516 e. The Morgan fingerprint density at radius 3 is 2.00 bits per heavy atom. The molecule has 0 aromatic heterocycles. The molecule has 2 nitrogen and oxygen atoms in total. The summed E-state index contributed by atoms with van der Waals surface area (Å²) in [6.45, 7) is 13.8. The van der Waals surface area contributed by atoms with Gasteiger partial charge in [-0.2, -0.15) is 0 Å². The second-order valence-corrected chi connectivity index (χ2v) is 9.00. The minimum absolute atomic E-state index is 0.214. The molecule has 0 saturated carbocycles. The van der Waals surface area contributed by atoms with Gasteiger partial charge < -0.3 is 4.43 Å². The molecule has 0 spiro atoms. The van der Waals surface area contributed by atoms with Crippen molar-refractivity contribution in [3.05, 3.63) is 12.2 Å². The Bertz CT molecular complexity index is 217. The fourth-order valence-electron chi connectivity index (χ4n) is 1.60. The van der Waals surface area contributed by atoms with E-state index < -0.39 is 8.32 Å². The Morgan fingerprint density at radius 2 is 1.79 bits per heavy atom. The molecule has 82 valence electrons. The van der Waals surface area contributed by atoms with Crippen LogP contribution in [0.3, 0.4) is 0 Å². The van der Waals surface area contributed by atoms with E-state index in [9.17, 15) is 4.79 Å². The summed E-state index contributed by atoms with van der Waals surface area (Å²) in [6, 6.07) is 1.97. The molecule has 0 amide bonds. The van der Waals surface area contributed by atoms with Crippen LogP contribution >= 0.6 is 0 Å². The Balaban J connectivity index is 4.67. The lowest BCUT2D eigenvalue weighted by Gasteiger charge is -2.32. The summed E-state index contributed by atoms with van der Waals surface area (Å²) in [6.07, 6.45) is 0. The minimum atomic E-state index is -1.86. The molecule has 0 saturated heterocycles. The fraction of sp³-hybridized carbons (Fsp3) is 0.727. The van der Waals surface area contributed by atoms with Gasteiger partial charge in [0.25, 0.3) is 8.32 Å². The summed E-state index contributed by atoms with van der Waals surface area (Å²) >= 11 is 0. The Kier molecular flexibility index (Phi) is 5.12. The molecule has 0 rings (SSSR count). The minimum Gasteiger partial charge on any atom is -0.516 e. The van der Waals surface area contributed by atoms with Crippen molar-refractivity contribution in [2.24, 2.45) is 0 Å². The van der Waals surface area contributed by atoms with Crippen LogP contribution in [0.2, 0.25) is 17.6 Å². The van der Waals surface area contributed by atoms with E-state index in [-0.39, 0.29) is 5.97 Å². The van der Waals surface area contributed by atoms with Gasteiger partial charge in [-0.15, -0.1) is 0 Å². The third kappa shape index (κ3) is 2.98. The summed E-state index contributed by atoms with van der Waals surface area (Å²) in [5, 5.41) is 0. The van der Waals surface area contributed by atoms with E-state index in [1.807, 2.05) is 0 Å². The van der Waals surface area contributed by atoms with Gasteiger partial charge in [0.15, 0.2) is 0 Å². The lowest BCUT2D eigenvalue weighted by molar-refractivity contribution is -0.131. The average Bonchev–Trinajstić information content (AvgIpc) is 2.13. The molecule has 3 heteroatoms. The van der Waals surface area contributed by atoms with Crippen molar-refractivity contribution < 1.29 is 9.22 Å². The van der Waals surface area contributed by atoms with Crippen molar-refractivity contribution in [2.75, 3.05) is 0 Å². The normalized spacial score (nSPS) is 11.6. The molecule has 0 aliphatic carbocycles. The van der Waals surface area contributed by atoms with Gasteiger partial charge in [0, 0.05) is 5.57 Å². The molecule has 0 heterocycles. The smallest absolute Gasteiger partial charge is 0.319 e. The number of carbonyl (C=O) groups excluding carboxylic acids is 1. The first-order chi connectivity index (χ1) is 6.39. The maximum Gasteiger partial charge on any atom is 0.319 e. The molecule has 0 N–H and O–H groups in total. The molecular formula is C11H22O2Si. The predicted octanol–water partition coefficient (Wildman–Crippen LogP) is 3.50. The molecule has 0 atom stereocenters. The fourth-order valence-corrected chi connectivity index (χ4v) is 4.80. The highest BCUT2D eigenvalue weighted by atomic mass is 28.4. The maximum atomic E-state index is 11.5. The first-order valence-electron chi connectivity index (χ1n) is 5.28. The second-order valence-electron chi connectivity index (χ2n) is 4.10. The number of hydrogen-bond acceptors (Lipinski definition) is 2. The van der Waals surface area contributed by atoms with Crippen LogP contribution in [-0.4, -0.2) is 14.3 Å². The summed E-state index contributed by atoms with van der Waals surface area (Å²) in [7, 11) is -1.86. The average molecular weight is 214 g/mol. The van der Waals surface area contributed by atoms with Crippen molar-refractivity contribution in [1.29, 1.82) is 0 Å². The van der Waals surface area contributed by atoms with Crippen molar-refractivity contribution in [2.45, 2.75) is 52.2 Å². The van der Waals surface area contributed by atoms with Crippen molar-refractivity contribution >= 4 is 14.3 Å². The van der Waals surface area contributed by atoms with Crippen LogP contribution in [0.1, 0.15) is 34.6 Å². The molecule has 0 aromatic rings. The summed E-state index contributed by atoms with van der Waals surface area (Å²) in [4.78, 5) is 11.5. The first kappa shape index (κ1) is 13.4. The van der Waals surface area contributed by atoms with Gasteiger partial charge in [0.05, 0.1) is 0 Å². The molecule has 0 bridgehead atoms. The standard InChI is InChI=1S/C11H22O2Si/c1-7-14(8-2,10(5)6)13-11(12)9(3)4/h10H,3,7-8H2,1-2,4-6H3. The molecule has 0 radical (unpaired) electrons. The number of hydrogen-bond donors (Lipinski definition) is 0. The van der Waals surface area contributed by atoms with Gasteiger partial charge in [0.2, 0.25) is 0 Å². The van der Waals surface area contributed by atoms with E-state index in [1.165, 1.54) is 0 Å². The van der Waals surface area contributed by atoms with Gasteiger partial charge in [-0.1, -0.05) is 34.3 Å². The highest BCUT2D eigenvalue weighted by Crippen LogP contribution is 2.30. The van der Waals surface area contributed by atoms with Crippen LogP contribution in [0, 0.1) is 0 Å². The van der Waals surface area contributed by atoms with Crippen molar-refractivity contribution in [3.63, 3.8) is 0 Å². The highest BCUT2D eigenvalue weighted by Gasteiger charge is 2.38. The van der Waals surface area contributed by atoms with Crippen LogP contribution in [-0.2, 0) is 9.22 Å². The van der Waals surface area contributed by atoms with E-state index in [2.05, 4.69) is 34.3 Å². The van der Waals surface area contributed by atoms with Gasteiger partial charge in [-0.05, 0) is 24.6 Å². The van der Waals surface area contributed by atoms with Gasteiger partial charge in [-0.25, -0.2) is 4.79 Å². The molecule has 0 unspecified atom stereocenters. The van der Waals surface area contributed by atoms with Crippen LogP contribution in [0.25, 0.3) is 0 Å². The van der Waals surface area contributed by atoms with E-state index in [4.69, 9.17) is 4.43 Å². The zero-order chi connectivity index (χ0) is 11.4. The van der Waals surface area contributed by atoms with E-state index in [0.29, 0.717) is 11.1 Å². The van der Waals surface area contributed by atoms with E-state index in [0.717, 1.165) is 12.1 Å². The zero-order valence-corrected chi connectivity index (χ0v) is 11.0. The SMILES string of the molecule is C=C(C)C(=O)O[Si](CC)(CC)C(C)C. The van der Waals surface area contributed by atoms with Crippen LogP contribution in [0.15, 0.2) is 12.2 Å². The first-order valence-corrected chi connectivity index (χ1v) is 7.68. The lowest BCUT2D eigenvalue weighted by Crippen LogP contribution is -2.42. The Labute approximate surface area is 88.5 Å². The summed E-state index contributed by atoms with van der Waals surface area (Å²) < 4.78 is 5.66. The Morgan fingerprint density at radius 1 is 1.36 bits per heavy atom. The monoisotopic (exact) mass is 214 g/mol. The second kappa shape index (κ2) is 5.34. The third-order valence-corrected chi connectivity index (χ3v) is 7.98. The molecular weight excluding hydrogens is 192 g/mol. The number of carbonyl (C=O) groups is 1. The predicted molar refractivity (Wildman–Crippen MR) is 62.7 cm³/mol. The van der Waals surface area contributed by atoms with Gasteiger partial charge in [0.1, 0.15) is 0 Å². The van der Waals surface area contributed by atoms with E-state index >= 15 is 0 Å². The Hall–Kier alpha value is -0.573. The zero-order valence-electron chi connectivity index (χ0n) is 10.0. The van der Waals surface area contributed by atoms with Crippen LogP contribution in [0.4, 0.5) is 0 Å².